The second kappa shape index (κ2) is 2.44. The van der Waals surface area contributed by atoms with E-state index in [4.69, 9.17) is 27.7 Å². The molecular formula is C8H10N4O2. The normalized spacial score (nSPS) is 13.9. The average molecular weight is 194 g/mol. The maximum Gasteiger partial charge on any atom is 0.341 e. The molecule has 6 nitrogen and oxygen atoms in total. The number of benzene rings is 1. The van der Waals surface area contributed by atoms with Crippen LogP contribution in [-0.2, 0) is 11.3 Å². The molecule has 0 fully saturated rings. The van der Waals surface area contributed by atoms with Crippen molar-refractivity contribution in [2.45, 2.75) is 6.61 Å². The highest BCUT2D eigenvalue weighted by Crippen LogP contribution is 2.39. The molecule has 74 valence electrons. The van der Waals surface area contributed by atoms with Crippen LogP contribution in [0.15, 0.2) is 0 Å². The molecule has 1 heterocycles. The van der Waals surface area contributed by atoms with Crippen LogP contribution >= 0.6 is 0 Å². The van der Waals surface area contributed by atoms with E-state index in [1.807, 2.05) is 0 Å². The summed E-state index contributed by atoms with van der Waals surface area (Å²) in [4.78, 5) is 11.2. The molecule has 0 amide bonds. The molecule has 0 unspecified atom stereocenters. The van der Waals surface area contributed by atoms with Crippen LogP contribution in [0.1, 0.15) is 15.9 Å². The fourth-order valence-corrected chi connectivity index (χ4v) is 1.48. The summed E-state index contributed by atoms with van der Waals surface area (Å²) < 4.78 is 4.78. The summed E-state index contributed by atoms with van der Waals surface area (Å²) in [6.07, 6.45) is 0. The highest BCUT2D eigenvalue weighted by Gasteiger charge is 2.29. The van der Waals surface area contributed by atoms with Crippen LogP contribution in [-0.4, -0.2) is 5.97 Å². The molecule has 1 aromatic rings. The van der Waals surface area contributed by atoms with Crippen LogP contribution in [0.4, 0.5) is 22.7 Å². The largest absolute Gasteiger partial charge is 0.457 e. The molecule has 0 atom stereocenters. The molecule has 0 aromatic heterocycles. The van der Waals surface area contributed by atoms with Crippen molar-refractivity contribution in [1.29, 1.82) is 0 Å². The van der Waals surface area contributed by atoms with Crippen molar-refractivity contribution < 1.29 is 9.53 Å². The Hall–Kier alpha value is -2.11. The first-order valence-corrected chi connectivity index (χ1v) is 3.96. The van der Waals surface area contributed by atoms with Gasteiger partial charge in [0.1, 0.15) is 6.61 Å². The van der Waals surface area contributed by atoms with E-state index < -0.39 is 5.97 Å². The lowest BCUT2D eigenvalue weighted by molar-refractivity contribution is 0.0536. The van der Waals surface area contributed by atoms with Crippen molar-refractivity contribution in [3.8, 4) is 0 Å². The topological polar surface area (TPSA) is 130 Å². The summed E-state index contributed by atoms with van der Waals surface area (Å²) in [5.74, 6) is -0.504. The SMILES string of the molecule is Nc1c(N)c(N)c2c(c1N)COC2=O. The van der Waals surface area contributed by atoms with Gasteiger partial charge in [-0.05, 0) is 0 Å². The predicted octanol–water partition coefficient (Wildman–Crippen LogP) is -0.314. The molecule has 8 N–H and O–H groups in total. The molecule has 0 bridgehead atoms. The van der Waals surface area contributed by atoms with E-state index in [0.717, 1.165) is 0 Å². The lowest BCUT2D eigenvalue weighted by Gasteiger charge is -2.11. The number of anilines is 4. The van der Waals surface area contributed by atoms with E-state index in [2.05, 4.69) is 0 Å². The monoisotopic (exact) mass is 194 g/mol. The summed E-state index contributed by atoms with van der Waals surface area (Å²) in [5.41, 5.74) is 24.0. The number of carbonyl (C=O) groups excluding carboxylic acids is 1. The molecule has 0 aliphatic carbocycles. The number of fused-ring (bicyclic) bond motifs is 1. The number of nitrogen functional groups attached to an aromatic ring is 4. The number of cyclic esters (lactones) is 1. The quantitative estimate of drug-likeness (QED) is 0.331. The molecular weight excluding hydrogens is 184 g/mol. The lowest BCUT2D eigenvalue weighted by atomic mass is 10.0. The maximum absolute atomic E-state index is 11.2. The fourth-order valence-electron chi connectivity index (χ4n) is 1.48. The Balaban J connectivity index is 2.84. The minimum Gasteiger partial charge on any atom is -0.457 e. The Morgan fingerprint density at radius 1 is 0.929 bits per heavy atom. The van der Waals surface area contributed by atoms with Gasteiger partial charge in [0.05, 0.1) is 28.3 Å². The van der Waals surface area contributed by atoms with Gasteiger partial charge in [-0.2, -0.15) is 0 Å². The molecule has 1 aromatic carbocycles. The number of esters is 1. The maximum atomic E-state index is 11.2. The zero-order valence-corrected chi connectivity index (χ0v) is 7.33. The molecule has 6 heteroatoms. The van der Waals surface area contributed by atoms with Gasteiger partial charge in [0.25, 0.3) is 0 Å². The third kappa shape index (κ3) is 0.819. The van der Waals surface area contributed by atoms with Crippen molar-refractivity contribution >= 4 is 28.7 Å². The number of nitrogens with two attached hydrogens (primary N) is 4. The molecule has 1 aliphatic rings. The number of ether oxygens (including phenoxy) is 1. The average Bonchev–Trinajstić information content (AvgIpc) is 2.54. The first kappa shape index (κ1) is 8.49. The van der Waals surface area contributed by atoms with Crippen LogP contribution in [0.25, 0.3) is 0 Å². The van der Waals surface area contributed by atoms with Gasteiger partial charge in [-0.3, -0.25) is 0 Å². The zero-order valence-electron chi connectivity index (χ0n) is 7.33. The first-order valence-electron chi connectivity index (χ1n) is 3.96. The Kier molecular flexibility index (Phi) is 1.48. The van der Waals surface area contributed by atoms with Gasteiger partial charge in [-0.1, -0.05) is 0 Å². The van der Waals surface area contributed by atoms with Crippen molar-refractivity contribution in [2.75, 3.05) is 22.9 Å². The van der Waals surface area contributed by atoms with E-state index in [1.54, 1.807) is 0 Å². The number of hydrogen-bond donors (Lipinski definition) is 4. The second-order valence-electron chi connectivity index (χ2n) is 3.08. The van der Waals surface area contributed by atoms with Gasteiger partial charge in [-0.25, -0.2) is 4.79 Å². The highest BCUT2D eigenvalue weighted by atomic mass is 16.5. The van der Waals surface area contributed by atoms with Crippen LogP contribution in [0.5, 0.6) is 0 Å². The van der Waals surface area contributed by atoms with Crippen LogP contribution in [0.3, 0.4) is 0 Å². The van der Waals surface area contributed by atoms with Gasteiger partial charge in [0, 0.05) is 5.56 Å². The number of carbonyl (C=O) groups is 1. The van der Waals surface area contributed by atoms with E-state index in [9.17, 15) is 4.79 Å². The zero-order chi connectivity index (χ0) is 10.5. The number of hydrogen-bond acceptors (Lipinski definition) is 6. The third-order valence-corrected chi connectivity index (χ3v) is 2.32. The lowest BCUT2D eigenvalue weighted by Crippen LogP contribution is -2.10. The number of rotatable bonds is 0. The van der Waals surface area contributed by atoms with E-state index in [-0.39, 0.29) is 34.9 Å². The van der Waals surface area contributed by atoms with Gasteiger partial charge in [0.2, 0.25) is 0 Å². The van der Waals surface area contributed by atoms with Crippen LogP contribution < -0.4 is 22.9 Å². The molecule has 1 aliphatic heterocycles. The van der Waals surface area contributed by atoms with Crippen LogP contribution in [0.2, 0.25) is 0 Å². The Labute approximate surface area is 79.8 Å². The summed E-state index contributed by atoms with van der Waals surface area (Å²) >= 11 is 0. The Morgan fingerprint density at radius 2 is 1.50 bits per heavy atom. The predicted molar refractivity (Wildman–Crippen MR) is 53.2 cm³/mol. The molecule has 0 radical (unpaired) electrons. The van der Waals surface area contributed by atoms with Gasteiger partial charge >= 0.3 is 5.97 Å². The third-order valence-electron chi connectivity index (χ3n) is 2.32. The summed E-state index contributed by atoms with van der Waals surface area (Å²) in [6, 6.07) is 0. The molecule has 14 heavy (non-hydrogen) atoms. The minimum absolute atomic E-state index is 0.106. The van der Waals surface area contributed by atoms with Gasteiger partial charge in [0.15, 0.2) is 0 Å². The summed E-state index contributed by atoms with van der Waals surface area (Å²) in [6.45, 7) is 0.106. The van der Waals surface area contributed by atoms with Gasteiger partial charge < -0.3 is 27.7 Å². The van der Waals surface area contributed by atoms with Crippen molar-refractivity contribution in [3.05, 3.63) is 11.1 Å². The molecule has 0 saturated carbocycles. The second-order valence-corrected chi connectivity index (χ2v) is 3.08. The molecule has 2 rings (SSSR count). The van der Waals surface area contributed by atoms with Crippen molar-refractivity contribution in [1.82, 2.24) is 0 Å². The first-order chi connectivity index (χ1) is 6.54. The standard InChI is InChI=1S/C8H10N4O2/c9-4-2-1-14-8(13)3(2)5(10)7(12)6(4)11/h1,9-12H2. The van der Waals surface area contributed by atoms with Gasteiger partial charge in [-0.15, -0.1) is 0 Å². The Morgan fingerprint density at radius 3 is 2.14 bits per heavy atom. The van der Waals surface area contributed by atoms with Crippen LogP contribution in [0, 0.1) is 0 Å². The van der Waals surface area contributed by atoms with E-state index >= 15 is 0 Å². The molecule has 0 saturated heterocycles. The highest BCUT2D eigenvalue weighted by molar-refractivity contribution is 6.07. The van der Waals surface area contributed by atoms with Crippen molar-refractivity contribution in [2.24, 2.45) is 0 Å². The summed E-state index contributed by atoms with van der Waals surface area (Å²) in [5, 5.41) is 0. The smallest absolute Gasteiger partial charge is 0.341 e. The van der Waals surface area contributed by atoms with E-state index in [0.29, 0.717) is 5.56 Å². The minimum atomic E-state index is -0.504. The molecule has 0 spiro atoms. The van der Waals surface area contributed by atoms with E-state index in [1.165, 1.54) is 0 Å². The summed E-state index contributed by atoms with van der Waals surface area (Å²) in [7, 11) is 0. The fraction of sp³-hybridized carbons (Fsp3) is 0.125. The Bertz CT molecular complexity index is 442. The van der Waals surface area contributed by atoms with Crippen molar-refractivity contribution in [3.63, 3.8) is 0 Å².